The molecule has 0 bridgehead atoms. The Bertz CT molecular complexity index is 148. The molecule has 1 heterocycles. The van der Waals surface area contributed by atoms with Crippen LogP contribution >= 0.6 is 0 Å². The molecule has 0 unspecified atom stereocenters. The normalized spacial score (nSPS) is 15.7. The van der Waals surface area contributed by atoms with E-state index in [0.29, 0.717) is 6.42 Å². The summed E-state index contributed by atoms with van der Waals surface area (Å²) < 4.78 is 0. The minimum absolute atomic E-state index is 0.188. The van der Waals surface area contributed by atoms with E-state index in [1.807, 2.05) is 0 Å². The Kier molecular flexibility index (Phi) is 2.54. The highest BCUT2D eigenvalue weighted by Gasteiger charge is 2.24. The Morgan fingerprint density at radius 1 is 1.40 bits per heavy atom. The molecule has 56 valence electrons. The third-order valence-electron chi connectivity index (χ3n) is 1.55. The number of rotatable bonds is 5. The van der Waals surface area contributed by atoms with Crippen molar-refractivity contribution in [3.8, 4) is 0 Å². The highest BCUT2D eigenvalue weighted by atomic mass is 16.1. The Morgan fingerprint density at radius 3 is 2.60 bits per heavy atom. The van der Waals surface area contributed by atoms with Crippen LogP contribution in [0.2, 0.25) is 0 Å². The summed E-state index contributed by atoms with van der Waals surface area (Å²) in [4.78, 5) is 10.9. The van der Waals surface area contributed by atoms with Crippen LogP contribution in [0.1, 0.15) is 32.6 Å². The van der Waals surface area contributed by atoms with Crippen molar-refractivity contribution in [1.29, 1.82) is 0 Å². The average Bonchev–Trinajstić information content (AvgIpc) is 2.69. The lowest BCUT2D eigenvalue weighted by molar-refractivity contribution is -0.118. The van der Waals surface area contributed by atoms with Crippen LogP contribution in [0, 0.1) is 0 Å². The molecule has 0 amide bonds. The van der Waals surface area contributed by atoms with Crippen molar-refractivity contribution in [3.05, 3.63) is 0 Å². The van der Waals surface area contributed by atoms with Crippen LogP contribution in [-0.4, -0.2) is 11.9 Å². The number of carbonyl (C=O) groups is 1. The van der Waals surface area contributed by atoms with Crippen molar-refractivity contribution in [1.82, 2.24) is 0 Å². The van der Waals surface area contributed by atoms with E-state index in [4.69, 9.17) is 0 Å². The summed E-state index contributed by atoms with van der Waals surface area (Å²) in [6, 6.07) is 0. The van der Waals surface area contributed by atoms with E-state index >= 15 is 0 Å². The molecule has 0 atom stereocenters. The molecule has 3 nitrogen and oxygen atoms in total. The quantitative estimate of drug-likeness (QED) is 0.538. The molecule has 0 spiro atoms. The SMILES string of the molecule is CCCCCC(=O)C1N=N1. The van der Waals surface area contributed by atoms with Crippen LogP contribution in [0.3, 0.4) is 0 Å². The van der Waals surface area contributed by atoms with Crippen LogP contribution in [0.5, 0.6) is 0 Å². The van der Waals surface area contributed by atoms with Gasteiger partial charge >= 0.3 is 0 Å². The molecule has 1 aliphatic rings. The molecule has 1 rings (SSSR count). The number of unbranched alkanes of at least 4 members (excludes halogenated alkanes) is 2. The molecule has 0 saturated heterocycles. The monoisotopic (exact) mass is 140 g/mol. The standard InChI is InChI=1S/C7H12N2O/c1-2-3-4-5-6(10)7-8-9-7/h7H,2-5H2,1H3. The van der Waals surface area contributed by atoms with Gasteiger partial charge in [0.1, 0.15) is 0 Å². The first-order chi connectivity index (χ1) is 4.84. The van der Waals surface area contributed by atoms with E-state index in [1.54, 1.807) is 0 Å². The van der Waals surface area contributed by atoms with Crippen molar-refractivity contribution in [2.45, 2.75) is 38.8 Å². The minimum Gasteiger partial charge on any atom is -0.295 e. The molecule has 10 heavy (non-hydrogen) atoms. The molecule has 0 saturated carbocycles. The minimum atomic E-state index is -0.267. The maximum atomic E-state index is 10.9. The molecule has 0 aromatic heterocycles. The Balaban J connectivity index is 1.96. The molecule has 0 fully saturated rings. The van der Waals surface area contributed by atoms with Crippen molar-refractivity contribution < 1.29 is 4.79 Å². The molecular formula is C7H12N2O. The summed E-state index contributed by atoms with van der Waals surface area (Å²) in [6.45, 7) is 2.12. The Hall–Kier alpha value is -0.730. The second kappa shape index (κ2) is 3.44. The van der Waals surface area contributed by atoms with Gasteiger partial charge in [-0.05, 0) is 6.42 Å². The first kappa shape index (κ1) is 7.38. The fourth-order valence-electron chi connectivity index (χ4n) is 0.840. The van der Waals surface area contributed by atoms with Gasteiger partial charge < -0.3 is 0 Å². The molecule has 0 N–H and O–H groups in total. The zero-order valence-corrected chi connectivity index (χ0v) is 6.21. The maximum absolute atomic E-state index is 10.9. The van der Waals surface area contributed by atoms with Gasteiger partial charge in [-0.2, -0.15) is 10.2 Å². The van der Waals surface area contributed by atoms with Crippen LogP contribution in [0.25, 0.3) is 0 Å². The molecule has 0 aromatic carbocycles. The molecule has 0 aliphatic carbocycles. The third-order valence-corrected chi connectivity index (χ3v) is 1.55. The fourth-order valence-corrected chi connectivity index (χ4v) is 0.840. The van der Waals surface area contributed by atoms with Crippen molar-refractivity contribution in [2.24, 2.45) is 10.2 Å². The van der Waals surface area contributed by atoms with Gasteiger partial charge in [0, 0.05) is 6.42 Å². The van der Waals surface area contributed by atoms with E-state index in [2.05, 4.69) is 17.2 Å². The summed E-state index contributed by atoms with van der Waals surface area (Å²) in [7, 11) is 0. The number of hydrogen-bond acceptors (Lipinski definition) is 3. The van der Waals surface area contributed by atoms with E-state index in [-0.39, 0.29) is 11.9 Å². The molecule has 0 radical (unpaired) electrons. The van der Waals surface area contributed by atoms with Crippen molar-refractivity contribution >= 4 is 5.78 Å². The molecule has 3 heteroatoms. The highest BCUT2D eigenvalue weighted by molar-refractivity contribution is 5.85. The first-order valence-corrected chi connectivity index (χ1v) is 3.77. The van der Waals surface area contributed by atoms with E-state index in [1.165, 1.54) is 0 Å². The lowest BCUT2D eigenvalue weighted by Crippen LogP contribution is -2.05. The van der Waals surface area contributed by atoms with Gasteiger partial charge in [0.25, 0.3) is 0 Å². The zero-order valence-electron chi connectivity index (χ0n) is 6.21. The van der Waals surface area contributed by atoms with Gasteiger partial charge in [0.2, 0.25) is 6.17 Å². The van der Waals surface area contributed by atoms with Gasteiger partial charge in [-0.25, -0.2) is 0 Å². The predicted octanol–water partition coefficient (Wildman–Crippen LogP) is 1.93. The van der Waals surface area contributed by atoms with Crippen LogP contribution in [0.4, 0.5) is 0 Å². The second-order valence-electron chi connectivity index (χ2n) is 2.53. The average molecular weight is 140 g/mol. The van der Waals surface area contributed by atoms with Crippen molar-refractivity contribution in [3.63, 3.8) is 0 Å². The van der Waals surface area contributed by atoms with Gasteiger partial charge in [-0.3, -0.25) is 4.79 Å². The van der Waals surface area contributed by atoms with E-state index in [9.17, 15) is 4.79 Å². The lowest BCUT2D eigenvalue weighted by Gasteiger charge is -1.93. The summed E-state index contributed by atoms with van der Waals surface area (Å²) in [5.74, 6) is 0.188. The van der Waals surface area contributed by atoms with Crippen molar-refractivity contribution in [2.75, 3.05) is 0 Å². The molecular weight excluding hydrogens is 128 g/mol. The highest BCUT2D eigenvalue weighted by Crippen LogP contribution is 2.14. The molecule has 1 aliphatic heterocycles. The smallest absolute Gasteiger partial charge is 0.238 e. The summed E-state index contributed by atoms with van der Waals surface area (Å²) in [6.07, 6.45) is 3.68. The zero-order chi connectivity index (χ0) is 7.40. The number of hydrogen-bond donors (Lipinski definition) is 0. The fraction of sp³-hybridized carbons (Fsp3) is 0.857. The number of Topliss-reactive ketones (excluding diaryl/α,β-unsaturated/α-hetero) is 1. The van der Waals surface area contributed by atoms with Crippen LogP contribution < -0.4 is 0 Å². The summed E-state index contributed by atoms with van der Waals surface area (Å²) >= 11 is 0. The summed E-state index contributed by atoms with van der Waals surface area (Å²) in [5.41, 5.74) is 0. The van der Waals surface area contributed by atoms with Gasteiger partial charge in [0.15, 0.2) is 5.78 Å². The maximum Gasteiger partial charge on any atom is 0.238 e. The van der Waals surface area contributed by atoms with Gasteiger partial charge in [-0.15, -0.1) is 0 Å². The Morgan fingerprint density at radius 2 is 2.10 bits per heavy atom. The predicted molar refractivity (Wildman–Crippen MR) is 37.8 cm³/mol. The largest absolute Gasteiger partial charge is 0.295 e. The van der Waals surface area contributed by atoms with Crippen LogP contribution in [-0.2, 0) is 4.79 Å². The Labute approximate surface area is 60.5 Å². The van der Waals surface area contributed by atoms with Crippen LogP contribution in [0.15, 0.2) is 10.2 Å². The van der Waals surface area contributed by atoms with E-state index in [0.717, 1.165) is 19.3 Å². The third kappa shape index (κ3) is 2.25. The number of nitrogens with zero attached hydrogens (tertiary/aromatic N) is 2. The van der Waals surface area contributed by atoms with Gasteiger partial charge in [0.05, 0.1) is 0 Å². The number of ketones is 1. The summed E-state index contributed by atoms with van der Waals surface area (Å²) in [5, 5.41) is 7.11. The number of carbonyl (C=O) groups excluding carboxylic acids is 1. The topological polar surface area (TPSA) is 41.8 Å². The van der Waals surface area contributed by atoms with Gasteiger partial charge in [-0.1, -0.05) is 19.8 Å². The lowest BCUT2D eigenvalue weighted by atomic mass is 10.1. The second-order valence-corrected chi connectivity index (χ2v) is 2.53. The van der Waals surface area contributed by atoms with E-state index < -0.39 is 0 Å². The first-order valence-electron chi connectivity index (χ1n) is 3.77. The molecule has 0 aromatic rings.